The van der Waals surface area contributed by atoms with Crippen molar-refractivity contribution in [2.45, 2.75) is 46.3 Å². The summed E-state index contributed by atoms with van der Waals surface area (Å²) in [5, 5.41) is 2.94. The minimum absolute atomic E-state index is 0.200. The Balaban J connectivity index is 0.000000154. The van der Waals surface area contributed by atoms with Crippen LogP contribution in [0.5, 0.6) is 0 Å². The highest BCUT2D eigenvalue weighted by atomic mass is 31.1. The molecule has 13 rings (SSSR count). The molecular weight excluding hydrogens is 1000 g/mol. The standard InChI is InChI=1S/C34H32N4P2.C30H32N4P2/c1-5-15-25(16-6-1)31-35-36-32(26-17-7-2-8-18-26)39(31)29-23-13-14-24-30(29)40-33(27-19-9-3-10-20-27)37-38-34(40)28-21-11-4-12-22-28;1-5-13-23(14-6-1)27-31-32-28(24-15-7-2-8-16-24)35(27)21-22-36-29(25-17-9-3-10-18-25)33-34-30(36)26-19-11-4-12-20-26/h1-24,31-38H;1-20,27-34H,21-22H2/t31-,32-,33-,34-;27-,28-,29-,30-/m00/s1. The Kier molecular flexibility index (Phi) is 16.7. The fourth-order valence-electron chi connectivity index (χ4n) is 11.2. The Hall–Kier alpha value is -5.62. The Labute approximate surface area is 453 Å². The molecule has 0 spiro atoms. The fourth-order valence-corrected chi connectivity index (χ4v) is 24.3. The number of hydrogen-bond acceptors (Lipinski definition) is 8. The maximum absolute atomic E-state index is 3.73. The molecule has 4 saturated heterocycles. The van der Waals surface area contributed by atoms with E-state index < -0.39 is 15.8 Å². The molecule has 4 aliphatic heterocycles. The third-order valence-corrected chi connectivity index (χ3v) is 27.0. The highest BCUT2D eigenvalue weighted by Gasteiger charge is 2.45. The lowest BCUT2D eigenvalue weighted by Gasteiger charge is -2.32. The van der Waals surface area contributed by atoms with E-state index in [1.165, 1.54) is 67.4 Å². The molecule has 0 amide bonds. The number of rotatable bonds is 13. The van der Waals surface area contributed by atoms with E-state index in [1.807, 2.05) is 0 Å². The van der Waals surface area contributed by atoms with Crippen LogP contribution in [0.3, 0.4) is 0 Å². The van der Waals surface area contributed by atoms with E-state index >= 15 is 0 Å². The minimum Gasteiger partial charge on any atom is -0.245 e. The van der Waals surface area contributed by atoms with E-state index in [9.17, 15) is 0 Å². The van der Waals surface area contributed by atoms with Crippen LogP contribution in [0, 0.1) is 0 Å². The van der Waals surface area contributed by atoms with Crippen LogP contribution in [-0.2, 0) is 0 Å². The van der Waals surface area contributed by atoms with Crippen LogP contribution in [0.4, 0.5) is 0 Å². The highest BCUT2D eigenvalue weighted by Crippen LogP contribution is 2.68. The van der Waals surface area contributed by atoms with Crippen LogP contribution in [0.15, 0.2) is 267 Å². The number of nitrogens with one attached hydrogen (secondary N) is 8. The molecule has 0 saturated carbocycles. The van der Waals surface area contributed by atoms with E-state index in [1.54, 1.807) is 0 Å². The van der Waals surface area contributed by atoms with Gasteiger partial charge in [-0.25, -0.2) is 43.4 Å². The fraction of sp³-hybridized carbons (Fsp3) is 0.156. The largest absolute Gasteiger partial charge is 0.245 e. The molecule has 4 heterocycles. The molecule has 4 fully saturated rings. The molecule has 8 nitrogen and oxygen atoms in total. The van der Waals surface area contributed by atoms with Gasteiger partial charge >= 0.3 is 0 Å². The van der Waals surface area contributed by atoms with Crippen LogP contribution in [0.25, 0.3) is 0 Å². The summed E-state index contributed by atoms with van der Waals surface area (Å²) in [4.78, 5) is 0. The summed E-state index contributed by atoms with van der Waals surface area (Å²) in [6.45, 7) is 0. The SMILES string of the molecule is c1ccc([C@H]2NN[C@H](c3ccccc3)P2CCP2[C@@H](c3ccccc3)NN[C@@H]2c2ccccc2)cc1.c1ccc([C@H]2NN[C@H](c3ccccc3)P2c2ccccc2P2[C@@H](c3ccccc3)NN[C@@H]2c2ccccc2)cc1. The van der Waals surface area contributed by atoms with Gasteiger partial charge in [-0.1, -0.05) is 283 Å². The summed E-state index contributed by atoms with van der Waals surface area (Å²) in [5.74, 6) is 2.17. The molecule has 76 heavy (non-hydrogen) atoms. The lowest BCUT2D eigenvalue weighted by Crippen LogP contribution is -2.27. The van der Waals surface area contributed by atoms with E-state index in [4.69, 9.17) is 0 Å². The van der Waals surface area contributed by atoms with Gasteiger partial charge in [0.1, 0.15) is 0 Å². The Morgan fingerprint density at radius 1 is 0.197 bits per heavy atom. The molecule has 0 aromatic heterocycles. The zero-order chi connectivity index (χ0) is 50.9. The number of hydrogen-bond donors (Lipinski definition) is 8. The van der Waals surface area contributed by atoms with Crippen molar-refractivity contribution in [3.8, 4) is 0 Å². The highest BCUT2D eigenvalue weighted by molar-refractivity contribution is 7.72. The van der Waals surface area contributed by atoms with E-state index in [0.29, 0.717) is 23.1 Å². The molecule has 9 aromatic rings. The van der Waals surface area contributed by atoms with Crippen LogP contribution >= 0.6 is 31.7 Å². The van der Waals surface area contributed by atoms with E-state index in [0.717, 1.165) is 0 Å². The van der Waals surface area contributed by atoms with Gasteiger partial charge in [0.25, 0.3) is 0 Å². The first-order chi connectivity index (χ1) is 37.8. The number of benzene rings is 9. The van der Waals surface area contributed by atoms with Crippen molar-refractivity contribution in [3.05, 3.63) is 311 Å². The zero-order valence-electron chi connectivity index (χ0n) is 42.2. The van der Waals surface area contributed by atoms with Gasteiger partial charge in [-0.3, -0.25) is 0 Å². The summed E-state index contributed by atoms with van der Waals surface area (Å²) in [5.41, 5.74) is 40.5. The van der Waals surface area contributed by atoms with Crippen molar-refractivity contribution < 1.29 is 0 Å². The molecule has 9 aromatic carbocycles. The van der Waals surface area contributed by atoms with Crippen molar-refractivity contribution in [2.75, 3.05) is 12.3 Å². The third-order valence-electron chi connectivity index (χ3n) is 14.8. The Morgan fingerprint density at radius 3 is 0.553 bits per heavy atom. The maximum atomic E-state index is 3.73. The maximum Gasteiger partial charge on any atom is 0.0718 e. The van der Waals surface area contributed by atoms with Crippen LogP contribution in [0.1, 0.15) is 90.8 Å². The first-order valence-corrected chi connectivity index (χ1v) is 32.7. The summed E-state index contributed by atoms with van der Waals surface area (Å²) < 4.78 is 0. The second kappa shape index (κ2) is 24.8. The van der Waals surface area contributed by atoms with Crippen LogP contribution in [-0.4, -0.2) is 12.3 Å². The zero-order valence-corrected chi connectivity index (χ0v) is 45.8. The lowest BCUT2D eigenvalue weighted by molar-refractivity contribution is 0.555. The normalized spacial score (nSPS) is 24.1. The molecule has 0 bridgehead atoms. The van der Waals surface area contributed by atoms with Gasteiger partial charge < -0.3 is 0 Å². The minimum atomic E-state index is -0.694. The smallest absolute Gasteiger partial charge is 0.0718 e. The van der Waals surface area contributed by atoms with Gasteiger partial charge in [0.15, 0.2) is 0 Å². The molecule has 0 aliphatic carbocycles. The first-order valence-electron chi connectivity index (χ1n) is 26.4. The summed E-state index contributed by atoms with van der Waals surface area (Å²) in [6.07, 6.45) is 2.41. The predicted octanol–water partition coefficient (Wildman–Crippen LogP) is 13.9. The Bertz CT molecular complexity index is 2790. The molecule has 4 aliphatic rings. The average Bonchev–Trinajstić information content (AvgIpc) is 4.39. The van der Waals surface area contributed by atoms with Gasteiger partial charge in [-0.05, 0) is 83.3 Å². The van der Waals surface area contributed by atoms with Gasteiger partial charge in [-0.15, -0.1) is 0 Å². The summed E-state index contributed by atoms with van der Waals surface area (Å²) >= 11 is 0. The molecule has 12 heteroatoms. The van der Waals surface area contributed by atoms with Gasteiger partial charge in [0.05, 0.1) is 46.3 Å². The van der Waals surface area contributed by atoms with Gasteiger partial charge in [0.2, 0.25) is 0 Å². The lowest BCUT2D eigenvalue weighted by atomic mass is 10.2. The average molecular weight is 1070 g/mol. The van der Waals surface area contributed by atoms with Crippen molar-refractivity contribution in [2.24, 2.45) is 0 Å². The van der Waals surface area contributed by atoms with Crippen molar-refractivity contribution in [1.82, 2.24) is 43.4 Å². The van der Waals surface area contributed by atoms with Crippen molar-refractivity contribution >= 4 is 42.3 Å². The first kappa shape index (κ1) is 51.2. The molecule has 0 unspecified atom stereocenters. The van der Waals surface area contributed by atoms with Gasteiger partial charge in [0, 0.05) is 0 Å². The van der Waals surface area contributed by atoms with Crippen molar-refractivity contribution in [3.63, 3.8) is 0 Å². The Morgan fingerprint density at radius 2 is 0.355 bits per heavy atom. The predicted molar refractivity (Wildman–Crippen MR) is 322 cm³/mol. The van der Waals surface area contributed by atoms with Crippen LogP contribution < -0.4 is 54.0 Å². The second-order valence-electron chi connectivity index (χ2n) is 19.4. The molecule has 380 valence electrons. The van der Waals surface area contributed by atoms with E-state index in [2.05, 4.69) is 310 Å². The molecular formula is C64H64N8P4. The van der Waals surface area contributed by atoms with E-state index in [-0.39, 0.29) is 39.0 Å². The quantitative estimate of drug-likeness (QED) is 0.0541. The molecule has 8 atom stereocenters. The third kappa shape index (κ3) is 11.2. The van der Waals surface area contributed by atoms with Gasteiger partial charge in [-0.2, -0.15) is 0 Å². The second-order valence-corrected chi connectivity index (χ2v) is 29.1. The monoisotopic (exact) mass is 1070 g/mol. The number of hydrazine groups is 4. The molecule has 0 radical (unpaired) electrons. The van der Waals surface area contributed by atoms with Crippen molar-refractivity contribution in [1.29, 1.82) is 0 Å². The van der Waals surface area contributed by atoms with Crippen LogP contribution in [0.2, 0.25) is 0 Å². The summed E-state index contributed by atoms with van der Waals surface area (Å²) in [7, 11) is -2.14. The topological polar surface area (TPSA) is 96.2 Å². The molecule has 8 N–H and O–H groups in total. The summed E-state index contributed by atoms with van der Waals surface area (Å²) in [6, 6.07) is 96.8.